The summed E-state index contributed by atoms with van der Waals surface area (Å²) >= 11 is 0. The van der Waals surface area contributed by atoms with E-state index in [0.717, 1.165) is 49.6 Å². The lowest BCUT2D eigenvalue weighted by atomic mass is 10.1. The van der Waals surface area contributed by atoms with E-state index in [1.807, 2.05) is 12.1 Å². The van der Waals surface area contributed by atoms with Crippen LogP contribution in [-0.4, -0.2) is 48.2 Å². The van der Waals surface area contributed by atoms with Crippen molar-refractivity contribution in [2.75, 3.05) is 33.3 Å². The smallest absolute Gasteiger partial charge is 0.127 e. The molecule has 1 saturated heterocycles. The first-order chi connectivity index (χ1) is 11.7. The van der Waals surface area contributed by atoms with E-state index in [1.165, 1.54) is 6.07 Å². The highest BCUT2D eigenvalue weighted by molar-refractivity contribution is 5.43. The molecule has 1 aliphatic rings. The number of methoxy groups -OCH3 is 1. The Kier molecular flexibility index (Phi) is 5.33. The Bertz CT molecular complexity index is 685. The van der Waals surface area contributed by atoms with Gasteiger partial charge in [-0.15, -0.1) is 0 Å². The van der Waals surface area contributed by atoms with E-state index in [9.17, 15) is 9.50 Å². The first kappa shape index (κ1) is 16.7. The maximum absolute atomic E-state index is 13.3. The number of phenols is 1. The van der Waals surface area contributed by atoms with Crippen LogP contribution < -0.4 is 4.74 Å². The zero-order valence-corrected chi connectivity index (χ0v) is 13.9. The maximum atomic E-state index is 13.3. The Labute approximate surface area is 142 Å². The molecule has 1 aliphatic heterocycles. The molecule has 0 saturated carbocycles. The molecule has 128 valence electrons. The van der Waals surface area contributed by atoms with Gasteiger partial charge in [0, 0.05) is 44.8 Å². The predicted molar refractivity (Wildman–Crippen MR) is 91.6 cm³/mol. The second-order valence-corrected chi connectivity index (χ2v) is 6.14. The van der Waals surface area contributed by atoms with E-state index in [4.69, 9.17) is 4.74 Å². The zero-order valence-electron chi connectivity index (χ0n) is 13.9. The van der Waals surface area contributed by atoms with Crippen LogP contribution in [0.3, 0.4) is 0 Å². The van der Waals surface area contributed by atoms with Gasteiger partial charge in [0.1, 0.15) is 17.3 Å². The van der Waals surface area contributed by atoms with E-state index in [0.29, 0.717) is 6.54 Å². The van der Waals surface area contributed by atoms with Crippen molar-refractivity contribution in [3.05, 3.63) is 59.4 Å². The van der Waals surface area contributed by atoms with Crippen LogP contribution in [0, 0.1) is 5.82 Å². The molecule has 0 unspecified atom stereocenters. The van der Waals surface area contributed by atoms with Gasteiger partial charge in [0.2, 0.25) is 0 Å². The van der Waals surface area contributed by atoms with E-state index in [1.54, 1.807) is 31.4 Å². The molecule has 0 atom stereocenters. The molecule has 1 N–H and O–H groups in total. The standard InChI is InChI=1S/C19H23FN2O2/c1-24-19-7-3-6-18(23)17(19)14-22-10-8-21(9-11-22)13-15-4-2-5-16(20)12-15/h2-7,12,23H,8-11,13-14H2,1H3. The summed E-state index contributed by atoms with van der Waals surface area (Å²) in [5.74, 6) is 0.812. The van der Waals surface area contributed by atoms with Crippen molar-refractivity contribution < 1.29 is 14.2 Å². The Morgan fingerprint density at radius 1 is 1.00 bits per heavy atom. The van der Waals surface area contributed by atoms with Crippen LogP contribution in [0.25, 0.3) is 0 Å². The van der Waals surface area contributed by atoms with Crippen molar-refractivity contribution in [2.45, 2.75) is 13.1 Å². The van der Waals surface area contributed by atoms with E-state index in [-0.39, 0.29) is 11.6 Å². The second-order valence-electron chi connectivity index (χ2n) is 6.14. The molecular weight excluding hydrogens is 307 g/mol. The lowest BCUT2D eigenvalue weighted by molar-refractivity contribution is 0.120. The Balaban J connectivity index is 1.56. The molecule has 0 spiro atoms. The first-order valence-electron chi connectivity index (χ1n) is 8.19. The fraction of sp³-hybridized carbons (Fsp3) is 0.368. The van der Waals surface area contributed by atoms with Gasteiger partial charge in [-0.2, -0.15) is 0 Å². The lowest BCUT2D eigenvalue weighted by Gasteiger charge is -2.35. The van der Waals surface area contributed by atoms with E-state index >= 15 is 0 Å². The number of hydrogen-bond acceptors (Lipinski definition) is 4. The fourth-order valence-corrected chi connectivity index (χ4v) is 3.13. The van der Waals surface area contributed by atoms with Crippen LogP contribution in [0.5, 0.6) is 11.5 Å². The van der Waals surface area contributed by atoms with Gasteiger partial charge >= 0.3 is 0 Å². The molecule has 2 aromatic carbocycles. The predicted octanol–water partition coefficient (Wildman–Crippen LogP) is 2.86. The minimum atomic E-state index is -0.183. The van der Waals surface area contributed by atoms with Gasteiger partial charge in [-0.3, -0.25) is 9.80 Å². The van der Waals surface area contributed by atoms with Crippen LogP contribution in [0.4, 0.5) is 4.39 Å². The number of rotatable bonds is 5. The highest BCUT2D eigenvalue weighted by Crippen LogP contribution is 2.29. The molecule has 0 aliphatic carbocycles. The minimum absolute atomic E-state index is 0.183. The summed E-state index contributed by atoms with van der Waals surface area (Å²) in [4.78, 5) is 4.63. The van der Waals surface area contributed by atoms with Gasteiger partial charge in [-0.1, -0.05) is 18.2 Å². The minimum Gasteiger partial charge on any atom is -0.507 e. The molecule has 1 heterocycles. The van der Waals surface area contributed by atoms with Crippen LogP contribution in [-0.2, 0) is 13.1 Å². The van der Waals surface area contributed by atoms with Crippen molar-refractivity contribution in [1.29, 1.82) is 0 Å². The third-order valence-corrected chi connectivity index (χ3v) is 4.47. The van der Waals surface area contributed by atoms with Gasteiger partial charge in [-0.25, -0.2) is 4.39 Å². The Hall–Kier alpha value is -2.11. The molecular formula is C19H23FN2O2. The van der Waals surface area contributed by atoms with E-state index in [2.05, 4.69) is 9.80 Å². The number of aromatic hydroxyl groups is 1. The van der Waals surface area contributed by atoms with Gasteiger partial charge in [0.15, 0.2) is 0 Å². The molecule has 0 bridgehead atoms. The largest absolute Gasteiger partial charge is 0.507 e. The lowest BCUT2D eigenvalue weighted by Crippen LogP contribution is -2.45. The molecule has 0 aromatic heterocycles. The number of nitrogens with zero attached hydrogens (tertiary/aromatic N) is 2. The zero-order chi connectivity index (χ0) is 16.9. The monoisotopic (exact) mass is 330 g/mol. The number of benzene rings is 2. The summed E-state index contributed by atoms with van der Waals surface area (Å²) in [6.07, 6.45) is 0. The number of halogens is 1. The third-order valence-electron chi connectivity index (χ3n) is 4.47. The number of hydrogen-bond donors (Lipinski definition) is 1. The normalized spacial score (nSPS) is 16.2. The number of ether oxygens (including phenoxy) is 1. The topological polar surface area (TPSA) is 35.9 Å². The van der Waals surface area contributed by atoms with Crippen LogP contribution in [0.15, 0.2) is 42.5 Å². The van der Waals surface area contributed by atoms with E-state index < -0.39 is 0 Å². The summed E-state index contributed by atoms with van der Waals surface area (Å²) in [5, 5.41) is 10.1. The molecule has 5 heteroatoms. The molecule has 3 rings (SSSR count). The summed E-state index contributed by atoms with van der Waals surface area (Å²) in [6, 6.07) is 12.1. The van der Waals surface area contributed by atoms with Gasteiger partial charge in [0.25, 0.3) is 0 Å². The maximum Gasteiger partial charge on any atom is 0.127 e. The quantitative estimate of drug-likeness (QED) is 0.914. The van der Waals surface area contributed by atoms with Crippen molar-refractivity contribution in [1.82, 2.24) is 9.80 Å². The van der Waals surface area contributed by atoms with Crippen molar-refractivity contribution >= 4 is 0 Å². The summed E-state index contributed by atoms with van der Waals surface area (Å²) in [6.45, 7) is 5.10. The molecule has 0 radical (unpaired) electrons. The fourth-order valence-electron chi connectivity index (χ4n) is 3.13. The van der Waals surface area contributed by atoms with Crippen LogP contribution >= 0.6 is 0 Å². The molecule has 1 fully saturated rings. The first-order valence-corrected chi connectivity index (χ1v) is 8.19. The highest BCUT2D eigenvalue weighted by atomic mass is 19.1. The van der Waals surface area contributed by atoms with Gasteiger partial charge in [-0.05, 0) is 29.8 Å². The molecule has 4 nitrogen and oxygen atoms in total. The molecule has 2 aromatic rings. The number of piperazine rings is 1. The van der Waals surface area contributed by atoms with Crippen molar-refractivity contribution in [3.8, 4) is 11.5 Å². The highest BCUT2D eigenvalue weighted by Gasteiger charge is 2.19. The van der Waals surface area contributed by atoms with Crippen LogP contribution in [0.1, 0.15) is 11.1 Å². The second kappa shape index (κ2) is 7.64. The number of phenolic OH excluding ortho intramolecular Hbond substituents is 1. The summed E-state index contributed by atoms with van der Waals surface area (Å²) < 4.78 is 18.6. The summed E-state index contributed by atoms with van der Waals surface area (Å²) in [5.41, 5.74) is 1.84. The third kappa shape index (κ3) is 4.04. The van der Waals surface area contributed by atoms with Crippen LogP contribution in [0.2, 0.25) is 0 Å². The molecule has 24 heavy (non-hydrogen) atoms. The Morgan fingerprint density at radius 3 is 2.33 bits per heavy atom. The van der Waals surface area contributed by atoms with Gasteiger partial charge < -0.3 is 9.84 Å². The average Bonchev–Trinajstić information content (AvgIpc) is 2.58. The average molecular weight is 330 g/mol. The van der Waals surface area contributed by atoms with Gasteiger partial charge in [0.05, 0.1) is 7.11 Å². The van der Waals surface area contributed by atoms with Crippen molar-refractivity contribution in [2.24, 2.45) is 0 Å². The summed E-state index contributed by atoms with van der Waals surface area (Å²) in [7, 11) is 1.62. The SMILES string of the molecule is COc1cccc(O)c1CN1CCN(Cc2cccc(F)c2)CC1. The molecule has 0 amide bonds. The van der Waals surface area contributed by atoms with Crippen molar-refractivity contribution in [3.63, 3.8) is 0 Å². The Morgan fingerprint density at radius 2 is 1.67 bits per heavy atom.